The lowest BCUT2D eigenvalue weighted by Gasteiger charge is -2.40. The van der Waals surface area contributed by atoms with E-state index in [2.05, 4.69) is 12.1 Å². The normalized spacial score (nSPS) is 16.7. The number of rotatable bonds is 7. The first kappa shape index (κ1) is 14.1. The van der Waals surface area contributed by atoms with E-state index in [4.69, 9.17) is 10.5 Å². The maximum atomic E-state index is 11.7. The minimum Gasteiger partial charge on any atom is -0.466 e. The molecule has 2 N–H and O–H groups in total. The zero-order valence-electron chi connectivity index (χ0n) is 11.4. The summed E-state index contributed by atoms with van der Waals surface area (Å²) >= 11 is 0. The summed E-state index contributed by atoms with van der Waals surface area (Å²) in [4.78, 5) is 11.7. The molecular formula is C16H23NO2. The highest BCUT2D eigenvalue weighted by molar-refractivity contribution is 5.70. The molecule has 1 fully saturated rings. The molecule has 1 aliphatic carbocycles. The van der Waals surface area contributed by atoms with Gasteiger partial charge in [0.15, 0.2) is 0 Å². The van der Waals surface area contributed by atoms with Gasteiger partial charge < -0.3 is 10.5 Å². The summed E-state index contributed by atoms with van der Waals surface area (Å²) in [6.07, 6.45) is 5.67. The fourth-order valence-corrected chi connectivity index (χ4v) is 2.59. The summed E-state index contributed by atoms with van der Waals surface area (Å²) in [5.74, 6) is -0.0850. The Morgan fingerprint density at radius 1 is 1.26 bits per heavy atom. The third-order valence-electron chi connectivity index (χ3n) is 4.08. The van der Waals surface area contributed by atoms with Crippen molar-refractivity contribution in [2.45, 2.75) is 38.5 Å². The second-order valence-corrected chi connectivity index (χ2v) is 5.54. The number of nitrogens with two attached hydrogens (primary N) is 1. The van der Waals surface area contributed by atoms with Crippen molar-refractivity contribution in [2.24, 2.45) is 11.1 Å². The van der Waals surface area contributed by atoms with E-state index in [1.165, 1.54) is 12.0 Å². The first-order valence-electron chi connectivity index (χ1n) is 7.14. The summed E-state index contributed by atoms with van der Waals surface area (Å²) in [5, 5.41) is 0. The van der Waals surface area contributed by atoms with Crippen LogP contribution >= 0.6 is 0 Å². The first-order valence-corrected chi connectivity index (χ1v) is 7.14. The summed E-state index contributed by atoms with van der Waals surface area (Å²) in [7, 11) is 0. The van der Waals surface area contributed by atoms with Gasteiger partial charge in [-0.2, -0.15) is 0 Å². The lowest BCUT2D eigenvalue weighted by molar-refractivity contribution is -0.148. The summed E-state index contributed by atoms with van der Waals surface area (Å²) in [5.41, 5.74) is 7.08. The van der Waals surface area contributed by atoms with E-state index < -0.39 is 0 Å². The van der Waals surface area contributed by atoms with Gasteiger partial charge >= 0.3 is 5.97 Å². The van der Waals surface area contributed by atoms with Crippen molar-refractivity contribution in [1.29, 1.82) is 0 Å². The highest BCUT2D eigenvalue weighted by atomic mass is 16.5. The van der Waals surface area contributed by atoms with Crippen LogP contribution in [0.4, 0.5) is 0 Å². The van der Waals surface area contributed by atoms with Crippen LogP contribution in [-0.2, 0) is 16.0 Å². The minimum absolute atomic E-state index is 0.0521. The van der Waals surface area contributed by atoms with Gasteiger partial charge in [0.2, 0.25) is 0 Å². The Hall–Kier alpha value is -1.35. The van der Waals surface area contributed by atoms with Gasteiger partial charge in [-0.15, -0.1) is 0 Å². The molecule has 3 nitrogen and oxygen atoms in total. The molecule has 0 heterocycles. The molecule has 1 aliphatic rings. The van der Waals surface area contributed by atoms with Crippen LogP contribution < -0.4 is 5.73 Å². The van der Waals surface area contributed by atoms with Crippen LogP contribution in [-0.4, -0.2) is 19.1 Å². The van der Waals surface area contributed by atoms with Crippen molar-refractivity contribution in [2.75, 3.05) is 13.2 Å². The Bertz CT molecular complexity index is 393. The van der Waals surface area contributed by atoms with Gasteiger partial charge in [0.05, 0.1) is 13.0 Å². The van der Waals surface area contributed by atoms with Crippen LogP contribution in [0.3, 0.4) is 0 Å². The lowest BCUT2D eigenvalue weighted by atomic mass is 9.67. The molecule has 1 aromatic rings. The summed E-state index contributed by atoms with van der Waals surface area (Å²) < 4.78 is 5.30. The van der Waals surface area contributed by atoms with Crippen LogP contribution in [0.15, 0.2) is 30.3 Å². The van der Waals surface area contributed by atoms with Gasteiger partial charge in [-0.1, -0.05) is 36.8 Å². The molecule has 0 unspecified atom stereocenters. The maximum absolute atomic E-state index is 11.7. The fourth-order valence-electron chi connectivity index (χ4n) is 2.59. The highest BCUT2D eigenvalue weighted by Crippen LogP contribution is 2.43. The maximum Gasteiger partial charge on any atom is 0.306 e. The number of carbonyl (C=O) groups excluding carboxylic acids is 1. The van der Waals surface area contributed by atoms with Crippen LogP contribution in [0.5, 0.6) is 0 Å². The average molecular weight is 261 g/mol. The topological polar surface area (TPSA) is 52.3 Å². The van der Waals surface area contributed by atoms with Gasteiger partial charge in [0.1, 0.15) is 0 Å². The molecule has 0 radical (unpaired) electrons. The van der Waals surface area contributed by atoms with Gasteiger partial charge in [0, 0.05) is 0 Å². The van der Waals surface area contributed by atoms with Gasteiger partial charge in [0.25, 0.3) is 0 Å². The van der Waals surface area contributed by atoms with Crippen molar-refractivity contribution >= 4 is 5.97 Å². The smallest absolute Gasteiger partial charge is 0.306 e. The Morgan fingerprint density at radius 2 is 2.00 bits per heavy atom. The van der Waals surface area contributed by atoms with E-state index in [0.717, 1.165) is 25.7 Å². The average Bonchev–Trinajstić information content (AvgIpc) is 2.40. The summed E-state index contributed by atoms with van der Waals surface area (Å²) in [6, 6.07) is 10.3. The van der Waals surface area contributed by atoms with Crippen molar-refractivity contribution in [1.82, 2.24) is 0 Å². The molecule has 3 heteroatoms. The summed E-state index contributed by atoms with van der Waals surface area (Å²) in [6.45, 7) is 1.11. The molecular weight excluding hydrogens is 238 g/mol. The largest absolute Gasteiger partial charge is 0.466 e. The predicted molar refractivity (Wildman–Crippen MR) is 75.7 cm³/mol. The van der Waals surface area contributed by atoms with Gasteiger partial charge in [-0.25, -0.2) is 0 Å². The van der Waals surface area contributed by atoms with Crippen molar-refractivity contribution in [3.8, 4) is 0 Å². The second-order valence-electron chi connectivity index (χ2n) is 5.54. The van der Waals surface area contributed by atoms with E-state index in [1.54, 1.807) is 0 Å². The predicted octanol–water partition coefficient (Wildman–Crippen LogP) is 2.68. The third-order valence-corrected chi connectivity index (χ3v) is 4.08. The number of hydrogen-bond acceptors (Lipinski definition) is 3. The van der Waals surface area contributed by atoms with Crippen molar-refractivity contribution < 1.29 is 9.53 Å². The molecule has 19 heavy (non-hydrogen) atoms. The molecule has 0 saturated heterocycles. The minimum atomic E-state index is -0.0850. The number of benzene rings is 1. The Morgan fingerprint density at radius 3 is 2.58 bits per heavy atom. The van der Waals surface area contributed by atoms with E-state index in [0.29, 0.717) is 19.6 Å². The zero-order chi connectivity index (χ0) is 13.6. The molecule has 0 bridgehead atoms. The fraction of sp³-hybridized carbons (Fsp3) is 0.562. The number of hydrogen-bond donors (Lipinski definition) is 1. The molecule has 0 atom stereocenters. The SMILES string of the molecule is NCC1(CC(=O)OCCCc2ccccc2)CCC1. The van der Waals surface area contributed by atoms with Crippen LogP contribution in [0.2, 0.25) is 0 Å². The van der Waals surface area contributed by atoms with Crippen molar-refractivity contribution in [3.63, 3.8) is 0 Å². The van der Waals surface area contributed by atoms with Crippen LogP contribution in [0, 0.1) is 5.41 Å². The second kappa shape index (κ2) is 6.71. The molecule has 104 valence electrons. The number of esters is 1. The quantitative estimate of drug-likeness (QED) is 0.606. The number of ether oxygens (including phenoxy) is 1. The Balaban J connectivity index is 1.62. The third kappa shape index (κ3) is 4.06. The first-order chi connectivity index (χ1) is 9.24. The standard InChI is InChI=1S/C16H23NO2/c17-13-16(9-5-10-16)12-15(18)19-11-4-8-14-6-2-1-3-7-14/h1-3,6-7H,4-5,8-13,17H2. The molecule has 0 aliphatic heterocycles. The van der Waals surface area contributed by atoms with E-state index in [-0.39, 0.29) is 11.4 Å². The highest BCUT2D eigenvalue weighted by Gasteiger charge is 2.37. The molecule has 0 amide bonds. The van der Waals surface area contributed by atoms with E-state index >= 15 is 0 Å². The number of carbonyl (C=O) groups is 1. The molecule has 1 aromatic carbocycles. The molecule has 0 spiro atoms. The lowest BCUT2D eigenvalue weighted by Crippen LogP contribution is -2.39. The van der Waals surface area contributed by atoms with E-state index in [9.17, 15) is 4.79 Å². The molecule has 2 rings (SSSR count). The van der Waals surface area contributed by atoms with Gasteiger partial charge in [-0.3, -0.25) is 4.79 Å². The van der Waals surface area contributed by atoms with Crippen LogP contribution in [0.1, 0.15) is 37.7 Å². The number of aryl methyl sites for hydroxylation is 1. The van der Waals surface area contributed by atoms with E-state index in [1.807, 2.05) is 18.2 Å². The Kier molecular flexibility index (Phi) is 4.97. The van der Waals surface area contributed by atoms with Gasteiger partial charge in [-0.05, 0) is 43.2 Å². The monoisotopic (exact) mass is 261 g/mol. The molecule has 1 saturated carbocycles. The Labute approximate surface area is 115 Å². The molecule has 0 aromatic heterocycles. The zero-order valence-corrected chi connectivity index (χ0v) is 11.4. The van der Waals surface area contributed by atoms with Crippen molar-refractivity contribution in [3.05, 3.63) is 35.9 Å². The van der Waals surface area contributed by atoms with Crippen LogP contribution in [0.25, 0.3) is 0 Å².